The van der Waals surface area contributed by atoms with E-state index >= 15 is 0 Å². The van der Waals surface area contributed by atoms with Gasteiger partial charge in [0.2, 0.25) is 0 Å². The van der Waals surface area contributed by atoms with Gasteiger partial charge in [0, 0.05) is 13.7 Å². The molecule has 1 aromatic carbocycles. The SMILES string of the molecule is COCCNc1c(F)cccc1N=C(N)CCl. The van der Waals surface area contributed by atoms with E-state index in [1.165, 1.54) is 6.07 Å². The Bertz CT molecular complexity index is 398. The Kier molecular flexibility index (Phi) is 5.72. The van der Waals surface area contributed by atoms with Gasteiger partial charge in [-0.15, -0.1) is 11.6 Å². The van der Waals surface area contributed by atoms with Crippen molar-refractivity contribution in [2.24, 2.45) is 10.7 Å². The number of methoxy groups -OCH3 is 1. The Hall–Kier alpha value is -1.33. The fraction of sp³-hybridized carbons (Fsp3) is 0.364. The van der Waals surface area contributed by atoms with Crippen LogP contribution in [0.25, 0.3) is 0 Å². The van der Waals surface area contributed by atoms with Crippen molar-refractivity contribution in [2.45, 2.75) is 0 Å². The summed E-state index contributed by atoms with van der Waals surface area (Å²) in [6.45, 7) is 0.962. The smallest absolute Gasteiger partial charge is 0.148 e. The Morgan fingerprint density at radius 3 is 3.00 bits per heavy atom. The number of amidine groups is 1. The molecule has 0 unspecified atom stereocenters. The molecule has 0 aliphatic carbocycles. The Morgan fingerprint density at radius 1 is 1.59 bits per heavy atom. The number of anilines is 1. The first kappa shape index (κ1) is 13.7. The largest absolute Gasteiger partial charge is 0.386 e. The van der Waals surface area contributed by atoms with Gasteiger partial charge in [-0.1, -0.05) is 6.07 Å². The summed E-state index contributed by atoms with van der Waals surface area (Å²) in [7, 11) is 1.58. The second-order valence-electron chi connectivity index (χ2n) is 3.29. The minimum absolute atomic E-state index is 0.105. The summed E-state index contributed by atoms with van der Waals surface area (Å²) in [5.74, 6) is -0.0367. The molecule has 1 aromatic rings. The summed E-state index contributed by atoms with van der Waals surface area (Å²) in [6.07, 6.45) is 0. The monoisotopic (exact) mass is 259 g/mol. The lowest BCUT2D eigenvalue weighted by Gasteiger charge is -2.10. The minimum atomic E-state index is -0.385. The maximum Gasteiger partial charge on any atom is 0.148 e. The van der Waals surface area contributed by atoms with Crippen LogP contribution < -0.4 is 11.1 Å². The van der Waals surface area contributed by atoms with Crippen LogP contribution in [0.2, 0.25) is 0 Å². The fourth-order valence-corrected chi connectivity index (χ4v) is 1.30. The number of halogens is 2. The summed E-state index contributed by atoms with van der Waals surface area (Å²) < 4.78 is 18.5. The number of nitrogens with one attached hydrogen (secondary N) is 1. The molecule has 4 nitrogen and oxygen atoms in total. The lowest BCUT2D eigenvalue weighted by atomic mass is 10.2. The molecule has 6 heteroatoms. The van der Waals surface area contributed by atoms with Crippen LogP contribution >= 0.6 is 11.6 Å². The van der Waals surface area contributed by atoms with Crippen LogP contribution in [0.5, 0.6) is 0 Å². The molecule has 0 aliphatic rings. The van der Waals surface area contributed by atoms with E-state index in [9.17, 15) is 4.39 Å². The van der Waals surface area contributed by atoms with Crippen molar-refractivity contribution >= 4 is 28.8 Å². The maximum atomic E-state index is 13.6. The number of nitrogens with zero attached hydrogens (tertiary/aromatic N) is 1. The highest BCUT2D eigenvalue weighted by Gasteiger charge is 2.07. The second kappa shape index (κ2) is 7.09. The Morgan fingerprint density at radius 2 is 2.35 bits per heavy atom. The molecule has 0 aliphatic heterocycles. The number of alkyl halides is 1. The van der Waals surface area contributed by atoms with Gasteiger partial charge < -0.3 is 15.8 Å². The normalized spacial score (nSPS) is 11.6. The predicted octanol–water partition coefficient (Wildman–Crippen LogP) is 2.11. The maximum absolute atomic E-state index is 13.6. The van der Waals surface area contributed by atoms with E-state index in [0.717, 1.165) is 0 Å². The highest BCUT2D eigenvalue weighted by atomic mass is 35.5. The summed E-state index contributed by atoms with van der Waals surface area (Å²) in [4.78, 5) is 4.04. The minimum Gasteiger partial charge on any atom is -0.386 e. The number of nitrogens with two attached hydrogens (primary N) is 1. The van der Waals surface area contributed by atoms with Crippen LogP contribution in [-0.4, -0.2) is 32.0 Å². The first-order valence-electron chi connectivity index (χ1n) is 5.09. The summed E-state index contributed by atoms with van der Waals surface area (Å²) in [5, 5.41) is 2.91. The van der Waals surface area contributed by atoms with Gasteiger partial charge in [-0.2, -0.15) is 0 Å². The van der Waals surface area contributed by atoms with Gasteiger partial charge >= 0.3 is 0 Å². The van der Waals surface area contributed by atoms with Crippen LogP contribution in [0, 0.1) is 5.82 Å². The zero-order valence-electron chi connectivity index (χ0n) is 9.54. The van der Waals surface area contributed by atoms with Crippen LogP contribution in [0.4, 0.5) is 15.8 Å². The van der Waals surface area contributed by atoms with Gasteiger partial charge in [-0.05, 0) is 12.1 Å². The van der Waals surface area contributed by atoms with Gasteiger partial charge in [-0.25, -0.2) is 9.38 Å². The molecule has 0 amide bonds. The molecule has 0 bridgehead atoms. The number of para-hydroxylation sites is 1. The van der Waals surface area contributed by atoms with Gasteiger partial charge in [0.25, 0.3) is 0 Å². The molecule has 0 saturated heterocycles. The van der Waals surface area contributed by atoms with E-state index in [2.05, 4.69) is 10.3 Å². The van der Waals surface area contributed by atoms with Crippen LogP contribution in [0.15, 0.2) is 23.2 Å². The zero-order valence-corrected chi connectivity index (χ0v) is 10.3. The van der Waals surface area contributed by atoms with Crippen molar-refractivity contribution in [1.82, 2.24) is 0 Å². The average molecular weight is 260 g/mol. The molecule has 0 spiro atoms. The van der Waals surface area contributed by atoms with Crippen molar-refractivity contribution < 1.29 is 9.13 Å². The lowest BCUT2D eigenvalue weighted by Crippen LogP contribution is -2.13. The molecule has 0 radical (unpaired) electrons. The van der Waals surface area contributed by atoms with Crippen molar-refractivity contribution in [3.05, 3.63) is 24.0 Å². The Balaban J connectivity index is 2.92. The highest BCUT2D eigenvalue weighted by molar-refractivity contribution is 6.28. The lowest BCUT2D eigenvalue weighted by molar-refractivity contribution is 0.210. The quantitative estimate of drug-likeness (QED) is 0.356. The third-order valence-corrected chi connectivity index (χ3v) is 2.27. The van der Waals surface area contributed by atoms with Crippen LogP contribution in [0.3, 0.4) is 0 Å². The van der Waals surface area contributed by atoms with Crippen molar-refractivity contribution in [2.75, 3.05) is 31.5 Å². The van der Waals surface area contributed by atoms with E-state index < -0.39 is 0 Å². The molecule has 17 heavy (non-hydrogen) atoms. The van der Waals surface area contributed by atoms with Gasteiger partial charge in [0.15, 0.2) is 0 Å². The third-order valence-electron chi connectivity index (χ3n) is 2.00. The summed E-state index contributed by atoms with van der Waals surface area (Å²) in [6, 6.07) is 4.58. The van der Waals surface area contributed by atoms with Gasteiger partial charge in [0.1, 0.15) is 11.7 Å². The highest BCUT2D eigenvalue weighted by Crippen LogP contribution is 2.27. The molecule has 0 heterocycles. The van der Waals surface area contributed by atoms with Crippen molar-refractivity contribution in [1.29, 1.82) is 0 Å². The van der Waals surface area contributed by atoms with Crippen molar-refractivity contribution in [3.8, 4) is 0 Å². The average Bonchev–Trinajstić information content (AvgIpc) is 2.32. The molecule has 94 valence electrons. The Labute approximate surface area is 105 Å². The number of hydrogen-bond donors (Lipinski definition) is 2. The number of aliphatic imine (C=N–C) groups is 1. The summed E-state index contributed by atoms with van der Waals surface area (Å²) >= 11 is 5.53. The molecule has 0 atom stereocenters. The van der Waals surface area contributed by atoms with E-state index in [0.29, 0.717) is 24.5 Å². The fourth-order valence-electron chi connectivity index (χ4n) is 1.24. The molecular weight excluding hydrogens is 245 g/mol. The molecule has 3 N–H and O–H groups in total. The number of benzene rings is 1. The van der Waals surface area contributed by atoms with E-state index in [-0.39, 0.29) is 17.5 Å². The van der Waals surface area contributed by atoms with E-state index in [1.54, 1.807) is 19.2 Å². The summed E-state index contributed by atoms with van der Waals surface area (Å²) in [5.41, 5.74) is 6.26. The van der Waals surface area contributed by atoms with Crippen LogP contribution in [-0.2, 0) is 4.74 Å². The number of hydrogen-bond acceptors (Lipinski definition) is 3. The first-order valence-corrected chi connectivity index (χ1v) is 5.62. The van der Waals surface area contributed by atoms with E-state index in [1.807, 2.05) is 0 Å². The number of rotatable bonds is 6. The molecule has 1 rings (SSSR count). The standard InChI is InChI=1S/C11H15ClFN3O/c1-17-6-5-15-11-8(13)3-2-4-9(11)16-10(14)7-12/h2-4,15H,5-7H2,1H3,(H2,14,16). The second-order valence-corrected chi connectivity index (χ2v) is 3.56. The molecule has 0 aromatic heterocycles. The van der Waals surface area contributed by atoms with Crippen LogP contribution in [0.1, 0.15) is 0 Å². The van der Waals surface area contributed by atoms with Gasteiger partial charge in [-0.3, -0.25) is 0 Å². The molecule has 0 saturated carbocycles. The van der Waals surface area contributed by atoms with Crippen molar-refractivity contribution in [3.63, 3.8) is 0 Å². The van der Waals surface area contributed by atoms with E-state index in [4.69, 9.17) is 22.1 Å². The predicted molar refractivity (Wildman–Crippen MR) is 68.8 cm³/mol. The third kappa shape index (κ3) is 4.20. The first-order chi connectivity index (χ1) is 8.19. The molecular formula is C11H15ClFN3O. The zero-order chi connectivity index (χ0) is 12.7. The topological polar surface area (TPSA) is 59.6 Å². The number of ether oxygens (including phenoxy) is 1. The van der Waals surface area contributed by atoms with Gasteiger partial charge in [0.05, 0.1) is 23.9 Å². The molecule has 0 fully saturated rings.